The van der Waals surface area contributed by atoms with E-state index in [9.17, 15) is 0 Å². The molecule has 0 unspecified atom stereocenters. The van der Waals surface area contributed by atoms with E-state index < -0.39 is 0 Å². The van der Waals surface area contributed by atoms with Crippen LogP contribution in [0.3, 0.4) is 0 Å². The zero-order valence-corrected chi connectivity index (χ0v) is 11.8. The first-order chi connectivity index (χ1) is 9.74. The number of ether oxygens (including phenoxy) is 2. The number of benzene rings is 1. The Morgan fingerprint density at radius 2 is 2.05 bits per heavy atom. The Morgan fingerprint density at radius 1 is 1.30 bits per heavy atom. The summed E-state index contributed by atoms with van der Waals surface area (Å²) in [6.07, 6.45) is 6.17. The van der Waals surface area contributed by atoms with E-state index in [4.69, 9.17) is 20.4 Å². The molecule has 0 aromatic heterocycles. The average molecular weight is 278 g/mol. The van der Waals surface area contributed by atoms with E-state index in [-0.39, 0.29) is 11.9 Å². The van der Waals surface area contributed by atoms with E-state index in [0.717, 1.165) is 18.6 Å². The summed E-state index contributed by atoms with van der Waals surface area (Å²) in [5.41, 5.74) is 6.21. The third-order valence-corrected chi connectivity index (χ3v) is 3.49. The van der Waals surface area contributed by atoms with Gasteiger partial charge in [-0.05, 0) is 50.8 Å². The Morgan fingerprint density at radius 3 is 2.70 bits per heavy atom. The number of oxime groups is 1. The van der Waals surface area contributed by atoms with Gasteiger partial charge in [-0.15, -0.1) is 0 Å². The van der Waals surface area contributed by atoms with Crippen molar-refractivity contribution in [2.75, 3.05) is 6.61 Å². The molecule has 1 aliphatic rings. The highest BCUT2D eigenvalue weighted by Gasteiger charge is 2.17. The fourth-order valence-electron chi connectivity index (χ4n) is 2.45. The van der Waals surface area contributed by atoms with Gasteiger partial charge >= 0.3 is 0 Å². The number of nitrogens with zero attached hydrogens (tertiary/aromatic N) is 1. The van der Waals surface area contributed by atoms with Crippen molar-refractivity contribution in [1.82, 2.24) is 0 Å². The van der Waals surface area contributed by atoms with E-state index in [1.807, 2.05) is 13.0 Å². The Balaban J connectivity index is 2.18. The monoisotopic (exact) mass is 278 g/mol. The van der Waals surface area contributed by atoms with Gasteiger partial charge in [-0.1, -0.05) is 11.6 Å². The van der Waals surface area contributed by atoms with Crippen LogP contribution in [0.1, 0.15) is 44.6 Å². The normalized spacial score (nSPS) is 16.9. The fourth-order valence-corrected chi connectivity index (χ4v) is 2.45. The van der Waals surface area contributed by atoms with Crippen LogP contribution in [-0.2, 0) is 0 Å². The summed E-state index contributed by atoms with van der Waals surface area (Å²) >= 11 is 0. The van der Waals surface area contributed by atoms with Gasteiger partial charge in [0.25, 0.3) is 0 Å². The van der Waals surface area contributed by atoms with Crippen LogP contribution in [-0.4, -0.2) is 23.8 Å². The molecule has 5 nitrogen and oxygen atoms in total. The summed E-state index contributed by atoms with van der Waals surface area (Å²) in [5.74, 6) is 1.44. The lowest BCUT2D eigenvalue weighted by Gasteiger charge is -2.24. The second-order valence-corrected chi connectivity index (χ2v) is 4.96. The maximum Gasteiger partial charge on any atom is 0.170 e. The van der Waals surface area contributed by atoms with Crippen LogP contribution in [0.2, 0.25) is 0 Å². The highest BCUT2D eigenvalue weighted by molar-refractivity contribution is 5.97. The zero-order chi connectivity index (χ0) is 14.4. The van der Waals surface area contributed by atoms with Gasteiger partial charge < -0.3 is 20.4 Å². The molecular formula is C15H22N2O3. The topological polar surface area (TPSA) is 77.1 Å². The number of hydrogen-bond donors (Lipinski definition) is 2. The van der Waals surface area contributed by atoms with E-state index >= 15 is 0 Å². The second kappa shape index (κ2) is 7.03. The lowest BCUT2D eigenvalue weighted by molar-refractivity contribution is 0.148. The number of hydrogen-bond acceptors (Lipinski definition) is 4. The van der Waals surface area contributed by atoms with Crippen molar-refractivity contribution < 1.29 is 14.7 Å². The lowest BCUT2D eigenvalue weighted by Crippen LogP contribution is -2.20. The molecule has 0 bridgehead atoms. The maximum atomic E-state index is 8.73. The predicted octanol–water partition coefficient (Wildman–Crippen LogP) is 2.89. The maximum absolute atomic E-state index is 8.73. The molecule has 0 amide bonds. The van der Waals surface area contributed by atoms with Crippen LogP contribution in [0, 0.1) is 0 Å². The van der Waals surface area contributed by atoms with Gasteiger partial charge in [0.1, 0.15) is 0 Å². The minimum Gasteiger partial charge on any atom is -0.490 e. The van der Waals surface area contributed by atoms with Crippen LogP contribution >= 0.6 is 0 Å². The molecule has 110 valence electrons. The van der Waals surface area contributed by atoms with Crippen LogP contribution in [0.25, 0.3) is 0 Å². The summed E-state index contributed by atoms with van der Waals surface area (Å²) in [7, 11) is 0. The van der Waals surface area contributed by atoms with Gasteiger partial charge in [0.2, 0.25) is 0 Å². The highest BCUT2D eigenvalue weighted by atomic mass is 16.5. The number of nitrogens with two attached hydrogens (primary N) is 1. The Bertz CT molecular complexity index is 468. The van der Waals surface area contributed by atoms with Crippen LogP contribution in [0.4, 0.5) is 0 Å². The number of rotatable bonds is 5. The minimum atomic E-state index is 0.0650. The molecule has 3 N–H and O–H groups in total. The van der Waals surface area contributed by atoms with Crippen LogP contribution in [0.5, 0.6) is 11.5 Å². The number of amidine groups is 1. The highest BCUT2D eigenvalue weighted by Crippen LogP contribution is 2.32. The first-order valence-electron chi connectivity index (χ1n) is 7.16. The smallest absolute Gasteiger partial charge is 0.170 e. The Labute approximate surface area is 119 Å². The van der Waals surface area contributed by atoms with Crippen molar-refractivity contribution in [3.8, 4) is 11.5 Å². The SMILES string of the molecule is CCOc1cc(/C(N)=N/O)ccc1OC1CCCCC1. The van der Waals surface area contributed by atoms with Gasteiger partial charge in [0, 0.05) is 5.56 Å². The van der Waals surface area contributed by atoms with E-state index in [1.54, 1.807) is 12.1 Å². The fraction of sp³-hybridized carbons (Fsp3) is 0.533. The molecule has 20 heavy (non-hydrogen) atoms. The summed E-state index contributed by atoms with van der Waals surface area (Å²) in [4.78, 5) is 0. The average Bonchev–Trinajstić information content (AvgIpc) is 2.49. The summed E-state index contributed by atoms with van der Waals surface area (Å²) in [6.45, 7) is 2.46. The summed E-state index contributed by atoms with van der Waals surface area (Å²) < 4.78 is 11.6. The molecule has 0 radical (unpaired) electrons. The Kier molecular flexibility index (Phi) is 5.09. The van der Waals surface area contributed by atoms with Crippen LogP contribution < -0.4 is 15.2 Å². The molecule has 1 aromatic rings. The molecular weight excluding hydrogens is 256 g/mol. The van der Waals surface area contributed by atoms with Crippen molar-refractivity contribution >= 4 is 5.84 Å². The summed E-state index contributed by atoms with van der Waals surface area (Å²) in [5, 5.41) is 11.7. The molecule has 1 fully saturated rings. The van der Waals surface area contributed by atoms with E-state index in [2.05, 4.69) is 5.16 Å². The van der Waals surface area contributed by atoms with Gasteiger partial charge in [-0.3, -0.25) is 0 Å². The van der Waals surface area contributed by atoms with Gasteiger partial charge in [-0.25, -0.2) is 0 Å². The molecule has 0 atom stereocenters. The van der Waals surface area contributed by atoms with E-state index in [1.165, 1.54) is 19.3 Å². The largest absolute Gasteiger partial charge is 0.490 e. The van der Waals surface area contributed by atoms with Gasteiger partial charge in [0.15, 0.2) is 17.3 Å². The first-order valence-corrected chi connectivity index (χ1v) is 7.16. The van der Waals surface area contributed by atoms with Crippen molar-refractivity contribution in [3.63, 3.8) is 0 Å². The van der Waals surface area contributed by atoms with Gasteiger partial charge in [-0.2, -0.15) is 0 Å². The zero-order valence-electron chi connectivity index (χ0n) is 11.8. The van der Waals surface area contributed by atoms with Crippen molar-refractivity contribution in [1.29, 1.82) is 0 Å². The molecule has 5 heteroatoms. The standard InChI is InChI=1S/C15H22N2O3/c1-2-19-14-10-11(15(16)17-18)8-9-13(14)20-12-6-4-3-5-7-12/h8-10,12,18H,2-7H2,1H3,(H2,16,17). The molecule has 1 saturated carbocycles. The first kappa shape index (κ1) is 14.5. The Hall–Kier alpha value is -1.91. The molecule has 1 aromatic carbocycles. The molecule has 0 aliphatic heterocycles. The van der Waals surface area contributed by atoms with Gasteiger partial charge in [0.05, 0.1) is 12.7 Å². The van der Waals surface area contributed by atoms with E-state index in [0.29, 0.717) is 17.9 Å². The van der Waals surface area contributed by atoms with Crippen molar-refractivity contribution in [3.05, 3.63) is 23.8 Å². The quantitative estimate of drug-likeness (QED) is 0.376. The third-order valence-electron chi connectivity index (χ3n) is 3.49. The molecule has 0 saturated heterocycles. The second-order valence-electron chi connectivity index (χ2n) is 4.96. The summed E-state index contributed by atoms with van der Waals surface area (Å²) in [6, 6.07) is 5.35. The van der Waals surface area contributed by atoms with Crippen molar-refractivity contribution in [2.24, 2.45) is 10.9 Å². The third kappa shape index (κ3) is 3.56. The molecule has 2 rings (SSSR count). The molecule has 0 heterocycles. The lowest BCUT2D eigenvalue weighted by atomic mass is 9.98. The minimum absolute atomic E-state index is 0.0650. The predicted molar refractivity (Wildman–Crippen MR) is 77.6 cm³/mol. The molecule has 0 spiro atoms. The van der Waals surface area contributed by atoms with Crippen LogP contribution in [0.15, 0.2) is 23.4 Å². The van der Waals surface area contributed by atoms with Crippen molar-refractivity contribution in [2.45, 2.75) is 45.1 Å². The molecule has 1 aliphatic carbocycles.